The van der Waals surface area contributed by atoms with Gasteiger partial charge in [-0.05, 0) is 18.6 Å². The summed E-state index contributed by atoms with van der Waals surface area (Å²) in [6.07, 6.45) is 1.23. The molecule has 4 rings (SSSR count). The summed E-state index contributed by atoms with van der Waals surface area (Å²) in [7, 11) is 0. The lowest BCUT2D eigenvalue weighted by Crippen LogP contribution is -2.36. The molecule has 0 spiro atoms. The second kappa shape index (κ2) is 8.27. The molecule has 1 aliphatic heterocycles. The highest BCUT2D eigenvalue weighted by Crippen LogP contribution is 2.30. The number of aromatic nitrogens is 1. The number of para-hydroxylation sites is 1. The molecule has 1 atom stereocenters. The molecule has 0 radical (unpaired) electrons. The van der Waals surface area contributed by atoms with Crippen LogP contribution >= 0.6 is 0 Å². The SMILES string of the molecule is Cc1ncoc1C(=O)NCCN1Cc2ccccc2OC(c2ccccc2)C1. The van der Waals surface area contributed by atoms with Gasteiger partial charge in [-0.25, -0.2) is 4.98 Å². The van der Waals surface area contributed by atoms with Crippen molar-refractivity contribution >= 4 is 5.91 Å². The van der Waals surface area contributed by atoms with Gasteiger partial charge in [-0.1, -0.05) is 48.5 Å². The van der Waals surface area contributed by atoms with Crippen LogP contribution in [0, 0.1) is 6.92 Å². The van der Waals surface area contributed by atoms with Gasteiger partial charge in [0.05, 0.1) is 5.69 Å². The molecule has 1 amide bonds. The molecule has 28 heavy (non-hydrogen) atoms. The zero-order valence-electron chi connectivity index (χ0n) is 15.8. The predicted molar refractivity (Wildman–Crippen MR) is 105 cm³/mol. The van der Waals surface area contributed by atoms with Crippen molar-refractivity contribution in [3.8, 4) is 5.75 Å². The molecule has 2 heterocycles. The van der Waals surface area contributed by atoms with Gasteiger partial charge in [0.15, 0.2) is 6.39 Å². The fourth-order valence-corrected chi connectivity index (χ4v) is 3.42. The van der Waals surface area contributed by atoms with Crippen LogP contribution in [0.5, 0.6) is 5.75 Å². The van der Waals surface area contributed by atoms with Crippen LogP contribution in [0.3, 0.4) is 0 Å². The van der Waals surface area contributed by atoms with Gasteiger partial charge in [0, 0.05) is 31.7 Å². The van der Waals surface area contributed by atoms with Gasteiger partial charge >= 0.3 is 0 Å². The summed E-state index contributed by atoms with van der Waals surface area (Å²) in [5.74, 6) is 0.952. The third kappa shape index (κ3) is 4.07. The Kier molecular flexibility index (Phi) is 5.39. The van der Waals surface area contributed by atoms with E-state index in [1.165, 1.54) is 6.39 Å². The number of benzene rings is 2. The molecule has 6 nitrogen and oxygen atoms in total. The van der Waals surface area contributed by atoms with Crippen LogP contribution in [0.1, 0.15) is 33.5 Å². The van der Waals surface area contributed by atoms with Crippen LogP contribution in [0.2, 0.25) is 0 Å². The Labute approximate surface area is 164 Å². The third-order valence-corrected chi connectivity index (χ3v) is 4.90. The Bertz CT molecular complexity index is 939. The molecule has 1 aromatic heterocycles. The van der Waals surface area contributed by atoms with E-state index in [0.29, 0.717) is 18.8 Å². The third-order valence-electron chi connectivity index (χ3n) is 4.90. The number of fused-ring (bicyclic) bond motifs is 1. The Balaban J connectivity index is 1.45. The summed E-state index contributed by atoms with van der Waals surface area (Å²) in [6, 6.07) is 18.4. The van der Waals surface area contributed by atoms with Crippen molar-refractivity contribution in [2.24, 2.45) is 0 Å². The Morgan fingerprint density at radius 2 is 1.96 bits per heavy atom. The average molecular weight is 377 g/mol. The topological polar surface area (TPSA) is 67.6 Å². The number of carbonyl (C=O) groups is 1. The first-order valence-corrected chi connectivity index (χ1v) is 9.41. The molecule has 0 fully saturated rings. The molecular weight excluding hydrogens is 354 g/mol. The number of aryl methyl sites for hydroxylation is 1. The standard InChI is InChI=1S/C22H23N3O3/c1-16-21(27-15-24-16)22(26)23-11-12-25-13-18-9-5-6-10-19(18)28-20(14-25)17-7-3-2-4-8-17/h2-10,15,20H,11-14H2,1H3,(H,23,26). The maximum Gasteiger partial charge on any atom is 0.289 e. The molecule has 1 N–H and O–H groups in total. The number of ether oxygens (including phenoxy) is 1. The van der Waals surface area contributed by atoms with Crippen molar-refractivity contribution in [3.63, 3.8) is 0 Å². The molecule has 1 aliphatic rings. The van der Waals surface area contributed by atoms with E-state index in [1.807, 2.05) is 36.4 Å². The fraction of sp³-hybridized carbons (Fsp3) is 0.273. The Hall–Kier alpha value is -3.12. The quantitative estimate of drug-likeness (QED) is 0.739. The van der Waals surface area contributed by atoms with E-state index >= 15 is 0 Å². The van der Waals surface area contributed by atoms with Crippen LogP contribution in [-0.2, 0) is 6.54 Å². The minimum absolute atomic E-state index is 0.0583. The van der Waals surface area contributed by atoms with Crippen LogP contribution in [0.4, 0.5) is 0 Å². The average Bonchev–Trinajstić information content (AvgIpc) is 3.05. The zero-order valence-corrected chi connectivity index (χ0v) is 15.8. The summed E-state index contributed by atoms with van der Waals surface area (Å²) in [5, 5.41) is 2.92. The van der Waals surface area contributed by atoms with Crippen molar-refractivity contribution in [2.75, 3.05) is 19.6 Å². The molecule has 3 aromatic rings. The molecule has 0 saturated heterocycles. The molecule has 144 valence electrons. The normalized spacial score (nSPS) is 16.7. The van der Waals surface area contributed by atoms with Crippen molar-refractivity contribution in [1.29, 1.82) is 0 Å². The molecule has 0 bridgehead atoms. The van der Waals surface area contributed by atoms with Crippen molar-refractivity contribution in [2.45, 2.75) is 19.6 Å². The number of nitrogens with one attached hydrogen (secondary N) is 1. The number of oxazole rings is 1. The van der Waals surface area contributed by atoms with E-state index in [2.05, 4.69) is 33.4 Å². The van der Waals surface area contributed by atoms with Crippen molar-refractivity contribution in [3.05, 3.63) is 83.6 Å². The fourth-order valence-electron chi connectivity index (χ4n) is 3.42. The van der Waals surface area contributed by atoms with E-state index < -0.39 is 0 Å². The minimum Gasteiger partial charge on any atom is -0.484 e. The van der Waals surface area contributed by atoms with Gasteiger partial charge in [0.25, 0.3) is 5.91 Å². The van der Waals surface area contributed by atoms with Gasteiger partial charge in [-0.3, -0.25) is 9.69 Å². The lowest BCUT2D eigenvalue weighted by Gasteiger charge is -2.24. The predicted octanol–water partition coefficient (Wildman–Crippen LogP) is 3.35. The number of nitrogens with zero attached hydrogens (tertiary/aromatic N) is 2. The van der Waals surface area contributed by atoms with Crippen LogP contribution < -0.4 is 10.1 Å². The molecule has 6 heteroatoms. The number of carbonyl (C=O) groups excluding carboxylic acids is 1. The number of hydrogen-bond donors (Lipinski definition) is 1. The number of rotatable bonds is 5. The van der Waals surface area contributed by atoms with E-state index in [1.54, 1.807) is 6.92 Å². The molecule has 0 aliphatic carbocycles. The number of amides is 1. The van der Waals surface area contributed by atoms with Crippen LogP contribution in [-0.4, -0.2) is 35.4 Å². The summed E-state index contributed by atoms with van der Waals surface area (Å²) in [4.78, 5) is 18.5. The van der Waals surface area contributed by atoms with E-state index in [9.17, 15) is 4.79 Å². The molecular formula is C22H23N3O3. The summed E-state index contributed by atoms with van der Waals surface area (Å²) >= 11 is 0. The van der Waals surface area contributed by atoms with Crippen molar-refractivity contribution in [1.82, 2.24) is 15.2 Å². The zero-order chi connectivity index (χ0) is 19.3. The lowest BCUT2D eigenvalue weighted by atomic mass is 10.1. The Morgan fingerprint density at radius 3 is 2.75 bits per heavy atom. The van der Waals surface area contributed by atoms with Crippen molar-refractivity contribution < 1.29 is 13.9 Å². The van der Waals surface area contributed by atoms with Crippen LogP contribution in [0.25, 0.3) is 0 Å². The first-order chi connectivity index (χ1) is 13.7. The first kappa shape index (κ1) is 18.3. The maximum absolute atomic E-state index is 12.2. The summed E-state index contributed by atoms with van der Waals surface area (Å²) < 4.78 is 11.5. The van der Waals surface area contributed by atoms with Gasteiger partial charge in [0.1, 0.15) is 11.9 Å². The van der Waals surface area contributed by atoms with Crippen LogP contribution in [0.15, 0.2) is 65.4 Å². The first-order valence-electron chi connectivity index (χ1n) is 9.41. The smallest absolute Gasteiger partial charge is 0.289 e. The molecule has 1 unspecified atom stereocenters. The van der Waals surface area contributed by atoms with Gasteiger partial charge in [0.2, 0.25) is 5.76 Å². The highest BCUT2D eigenvalue weighted by atomic mass is 16.5. The highest BCUT2D eigenvalue weighted by Gasteiger charge is 2.24. The molecule has 2 aromatic carbocycles. The summed E-state index contributed by atoms with van der Waals surface area (Å²) in [5.41, 5.74) is 2.89. The van der Waals surface area contributed by atoms with Gasteiger partial charge in [-0.2, -0.15) is 0 Å². The van der Waals surface area contributed by atoms with E-state index in [4.69, 9.17) is 9.15 Å². The largest absolute Gasteiger partial charge is 0.484 e. The Morgan fingerprint density at radius 1 is 1.18 bits per heavy atom. The van der Waals surface area contributed by atoms with E-state index in [0.717, 1.165) is 30.0 Å². The van der Waals surface area contributed by atoms with Gasteiger partial charge < -0.3 is 14.5 Å². The summed E-state index contributed by atoms with van der Waals surface area (Å²) in [6.45, 7) is 4.50. The number of hydrogen-bond acceptors (Lipinski definition) is 5. The second-order valence-corrected chi connectivity index (χ2v) is 6.88. The minimum atomic E-state index is -0.235. The second-order valence-electron chi connectivity index (χ2n) is 6.88. The van der Waals surface area contributed by atoms with E-state index in [-0.39, 0.29) is 17.8 Å². The molecule has 0 saturated carbocycles. The monoisotopic (exact) mass is 377 g/mol. The van der Waals surface area contributed by atoms with Gasteiger partial charge in [-0.15, -0.1) is 0 Å². The lowest BCUT2D eigenvalue weighted by molar-refractivity contribution is 0.0914. The highest BCUT2D eigenvalue weighted by molar-refractivity contribution is 5.92. The maximum atomic E-state index is 12.2.